The van der Waals surface area contributed by atoms with E-state index in [0.29, 0.717) is 18.1 Å². The van der Waals surface area contributed by atoms with Gasteiger partial charge in [0.15, 0.2) is 0 Å². The Bertz CT molecular complexity index is 708. The van der Waals surface area contributed by atoms with Gasteiger partial charge in [-0.1, -0.05) is 83.9 Å². The van der Waals surface area contributed by atoms with Crippen LogP contribution >= 0.6 is 0 Å². The number of benzene rings is 2. The van der Waals surface area contributed by atoms with Crippen molar-refractivity contribution in [3.63, 3.8) is 0 Å². The molecule has 0 aliphatic carbocycles. The van der Waals surface area contributed by atoms with Crippen molar-refractivity contribution in [2.75, 3.05) is 0 Å². The fourth-order valence-corrected chi connectivity index (χ4v) is 2.59. The lowest BCUT2D eigenvalue weighted by molar-refractivity contribution is 0.807. The summed E-state index contributed by atoms with van der Waals surface area (Å²) in [7, 11) is 0. The van der Waals surface area contributed by atoms with Gasteiger partial charge < -0.3 is 0 Å². The first-order valence-corrected chi connectivity index (χ1v) is 7.91. The van der Waals surface area contributed by atoms with Crippen molar-refractivity contribution in [2.45, 2.75) is 59.3 Å². The molecule has 0 saturated carbocycles. The molecule has 0 unspecified atom stereocenters. The van der Waals surface area contributed by atoms with Gasteiger partial charge in [0, 0.05) is 0 Å². The van der Waals surface area contributed by atoms with Crippen LogP contribution in [0, 0.1) is 0 Å². The van der Waals surface area contributed by atoms with Crippen molar-refractivity contribution in [3.05, 3.63) is 59.1 Å². The fraction of sp³-hybridized carbons (Fsp3) is 0.429. The van der Waals surface area contributed by atoms with Crippen LogP contribution in [-0.4, -0.2) is 0 Å². The Morgan fingerprint density at radius 1 is 0.762 bits per heavy atom. The van der Waals surface area contributed by atoms with E-state index in [2.05, 4.69) is 41.5 Å². The van der Waals surface area contributed by atoms with Gasteiger partial charge in [0.2, 0.25) is 0 Å². The molecule has 0 aromatic heterocycles. The van der Waals surface area contributed by atoms with Gasteiger partial charge in [0.1, 0.15) is 0 Å². The highest BCUT2D eigenvalue weighted by molar-refractivity contribution is 5.73. The Labute approximate surface area is 134 Å². The highest BCUT2D eigenvalue weighted by Crippen LogP contribution is 2.38. The maximum absolute atomic E-state index is 8.77. The zero-order chi connectivity index (χ0) is 18.2. The van der Waals surface area contributed by atoms with Crippen molar-refractivity contribution < 1.29 is 4.11 Å². The highest BCUT2D eigenvalue weighted by atomic mass is 14.2. The fourth-order valence-electron chi connectivity index (χ4n) is 2.59. The van der Waals surface area contributed by atoms with E-state index in [1.165, 1.54) is 0 Å². The Morgan fingerprint density at radius 2 is 1.33 bits per heavy atom. The zero-order valence-electron chi connectivity index (χ0n) is 17.0. The second kappa shape index (κ2) is 6.47. The summed E-state index contributed by atoms with van der Waals surface area (Å²) in [6, 6.07) is 8.95. The lowest BCUT2D eigenvalue weighted by Gasteiger charge is -2.23. The summed E-state index contributed by atoms with van der Waals surface area (Å²) in [5, 5.41) is 0. The molecule has 112 valence electrons. The maximum atomic E-state index is 8.77. The van der Waals surface area contributed by atoms with Crippen LogP contribution in [0.4, 0.5) is 0 Å². The third-order valence-electron chi connectivity index (χ3n) is 3.79. The largest absolute Gasteiger partial charge is 0.0629 e. The molecule has 2 rings (SSSR count). The van der Waals surface area contributed by atoms with Crippen molar-refractivity contribution >= 4 is 0 Å². The average Bonchev–Trinajstić information content (AvgIpc) is 2.45. The molecule has 0 atom stereocenters. The van der Waals surface area contributed by atoms with E-state index in [4.69, 9.17) is 4.11 Å². The van der Waals surface area contributed by atoms with Crippen LogP contribution in [0.1, 0.15) is 80.1 Å². The number of hydrogen-bond acceptors (Lipinski definition) is 0. The molecular formula is C21H28. The summed E-state index contributed by atoms with van der Waals surface area (Å²) in [4.78, 5) is 0. The molecule has 0 fully saturated rings. The van der Waals surface area contributed by atoms with E-state index in [9.17, 15) is 0 Å². The molecule has 0 aliphatic heterocycles. The predicted molar refractivity (Wildman–Crippen MR) is 94.1 cm³/mol. The minimum Gasteiger partial charge on any atom is -0.0622 e. The van der Waals surface area contributed by atoms with Gasteiger partial charge in [-0.25, -0.2) is 0 Å². The van der Waals surface area contributed by atoms with Crippen LogP contribution in [0.25, 0.3) is 11.1 Å². The molecule has 0 heterocycles. The molecule has 0 heteroatoms. The lowest BCUT2D eigenvalue weighted by atomic mass is 9.82. The van der Waals surface area contributed by atoms with E-state index in [0.717, 1.165) is 27.8 Å². The Hall–Kier alpha value is -1.56. The van der Waals surface area contributed by atoms with E-state index in [1.54, 1.807) is 6.07 Å². The monoisotopic (exact) mass is 283 g/mol. The predicted octanol–water partition coefficient (Wildman–Crippen LogP) is 6.72. The molecule has 0 radical (unpaired) electrons. The van der Waals surface area contributed by atoms with Gasteiger partial charge >= 0.3 is 0 Å². The maximum Gasteiger partial charge on any atom is 0.0629 e. The SMILES string of the molecule is [2H]c1ccccc1-c1c(C(C)C)c([2H])c(C(C)C)c([2H])c1C(C)C. The summed E-state index contributed by atoms with van der Waals surface area (Å²) >= 11 is 0. The summed E-state index contributed by atoms with van der Waals surface area (Å²) in [5.41, 5.74) is 4.54. The summed E-state index contributed by atoms with van der Waals surface area (Å²) in [6.07, 6.45) is 0. The molecule has 0 aliphatic rings. The molecule has 0 nitrogen and oxygen atoms in total. The minimum absolute atomic E-state index is 0.139. The van der Waals surface area contributed by atoms with Crippen LogP contribution in [0.5, 0.6) is 0 Å². The van der Waals surface area contributed by atoms with Gasteiger partial charge in [-0.3, -0.25) is 0 Å². The van der Waals surface area contributed by atoms with Gasteiger partial charge in [-0.15, -0.1) is 0 Å². The van der Waals surface area contributed by atoms with Crippen molar-refractivity contribution in [2.24, 2.45) is 0 Å². The van der Waals surface area contributed by atoms with Gasteiger partial charge in [-0.05, 0) is 45.6 Å². The van der Waals surface area contributed by atoms with E-state index in [-0.39, 0.29) is 17.8 Å². The van der Waals surface area contributed by atoms with E-state index in [1.807, 2.05) is 18.2 Å². The smallest absolute Gasteiger partial charge is 0.0622 e. The Balaban J connectivity index is 3.04. The molecule has 2 aromatic carbocycles. The molecule has 0 amide bonds. The van der Waals surface area contributed by atoms with Crippen LogP contribution in [0.2, 0.25) is 0 Å². The average molecular weight is 283 g/mol. The first-order valence-electron chi connectivity index (χ1n) is 9.41. The van der Waals surface area contributed by atoms with Crippen molar-refractivity contribution in [1.29, 1.82) is 0 Å². The third-order valence-corrected chi connectivity index (χ3v) is 3.79. The zero-order valence-corrected chi connectivity index (χ0v) is 14.0. The first kappa shape index (κ1) is 12.0. The molecule has 0 saturated heterocycles. The topological polar surface area (TPSA) is 0 Å². The Morgan fingerprint density at radius 3 is 1.76 bits per heavy atom. The van der Waals surface area contributed by atoms with Gasteiger partial charge in [0.25, 0.3) is 0 Å². The second-order valence-corrected chi connectivity index (χ2v) is 6.61. The standard InChI is InChI=1S/C21H28/c1-14(2)18-12-19(15(3)4)21(20(13-18)16(5)6)17-10-8-7-9-11-17/h7-16H,1-6H3/i10D,12D,13D. The molecule has 0 N–H and O–H groups in total. The van der Waals surface area contributed by atoms with E-state index < -0.39 is 0 Å². The summed E-state index contributed by atoms with van der Waals surface area (Å²) < 4.78 is 25.9. The molecule has 21 heavy (non-hydrogen) atoms. The molecular weight excluding hydrogens is 252 g/mol. The van der Waals surface area contributed by atoms with Gasteiger partial charge in [-0.2, -0.15) is 0 Å². The number of hydrogen-bond donors (Lipinski definition) is 0. The number of rotatable bonds is 4. The normalized spacial score (nSPS) is 13.7. The van der Waals surface area contributed by atoms with Crippen LogP contribution in [0.3, 0.4) is 0 Å². The second-order valence-electron chi connectivity index (χ2n) is 6.61. The summed E-state index contributed by atoms with van der Waals surface area (Å²) in [6.45, 7) is 12.5. The van der Waals surface area contributed by atoms with Crippen molar-refractivity contribution in [3.8, 4) is 11.1 Å². The first-order chi connectivity index (χ1) is 11.2. The minimum atomic E-state index is 0.139. The highest BCUT2D eigenvalue weighted by Gasteiger charge is 2.18. The molecule has 0 spiro atoms. The third kappa shape index (κ3) is 3.37. The van der Waals surface area contributed by atoms with Crippen LogP contribution in [0.15, 0.2) is 42.4 Å². The quantitative estimate of drug-likeness (QED) is 0.584. The van der Waals surface area contributed by atoms with Crippen LogP contribution in [-0.2, 0) is 0 Å². The molecule has 0 bridgehead atoms. The molecule has 2 aromatic rings. The van der Waals surface area contributed by atoms with E-state index >= 15 is 0 Å². The van der Waals surface area contributed by atoms with Crippen LogP contribution < -0.4 is 0 Å². The van der Waals surface area contributed by atoms with Gasteiger partial charge in [0.05, 0.1) is 4.11 Å². The van der Waals surface area contributed by atoms with Crippen molar-refractivity contribution in [1.82, 2.24) is 0 Å². The summed E-state index contributed by atoms with van der Waals surface area (Å²) in [5.74, 6) is 0.478. The Kier molecular flexibility index (Phi) is 3.71. The lowest BCUT2D eigenvalue weighted by Crippen LogP contribution is -2.03.